The van der Waals surface area contributed by atoms with Crippen LogP contribution in [0.1, 0.15) is 18.4 Å². The van der Waals surface area contributed by atoms with Gasteiger partial charge >= 0.3 is 0 Å². The van der Waals surface area contributed by atoms with E-state index in [2.05, 4.69) is 15.9 Å². The number of benzene rings is 1. The quantitative estimate of drug-likeness (QED) is 0.871. The van der Waals surface area contributed by atoms with Crippen molar-refractivity contribution in [3.63, 3.8) is 0 Å². The van der Waals surface area contributed by atoms with Crippen molar-refractivity contribution in [2.75, 3.05) is 13.2 Å². The molecule has 0 bridgehead atoms. The smallest absolute Gasteiger partial charge is 0.168 e. The lowest BCUT2D eigenvalue weighted by Gasteiger charge is -2.14. The summed E-state index contributed by atoms with van der Waals surface area (Å²) in [5, 5.41) is 9.97. The van der Waals surface area contributed by atoms with Gasteiger partial charge < -0.3 is 19.4 Å². The molecule has 17 heavy (non-hydrogen) atoms. The van der Waals surface area contributed by atoms with Crippen molar-refractivity contribution >= 4 is 22.2 Å². The van der Waals surface area contributed by atoms with E-state index in [1.54, 1.807) is 6.07 Å². The second-order valence-corrected chi connectivity index (χ2v) is 4.62. The monoisotopic (exact) mass is 300 g/mol. The molecule has 0 fully saturated rings. The van der Waals surface area contributed by atoms with Crippen LogP contribution in [0.4, 0.5) is 0 Å². The zero-order valence-corrected chi connectivity index (χ0v) is 10.8. The molecule has 0 saturated carbocycles. The summed E-state index contributed by atoms with van der Waals surface area (Å²) in [6, 6.07) is 1.69. The third-order valence-corrected chi connectivity index (χ3v) is 3.18. The topological polar surface area (TPSA) is 55.8 Å². The maximum atomic E-state index is 10.4. The molecule has 1 aliphatic heterocycles. The van der Waals surface area contributed by atoms with Crippen LogP contribution in [-0.2, 0) is 11.2 Å². The summed E-state index contributed by atoms with van der Waals surface area (Å²) in [6.07, 6.45) is 2.42. The molecule has 0 radical (unpaired) electrons. The van der Waals surface area contributed by atoms with E-state index in [0.29, 0.717) is 47.6 Å². The van der Waals surface area contributed by atoms with Crippen LogP contribution in [-0.4, -0.2) is 24.6 Å². The zero-order valence-electron chi connectivity index (χ0n) is 9.24. The second kappa shape index (κ2) is 5.40. The van der Waals surface area contributed by atoms with Crippen molar-refractivity contribution in [2.24, 2.45) is 0 Å². The zero-order chi connectivity index (χ0) is 12.3. The van der Waals surface area contributed by atoms with Crippen molar-refractivity contribution in [2.45, 2.75) is 19.3 Å². The number of aldehydes is 1. The Kier molecular flexibility index (Phi) is 3.89. The standard InChI is InChI=1S/C12H13BrO4/c13-9-7-10-12(17-6-2-5-16-10)8(11(9)15)3-1-4-14/h4,7,15H,1-3,5-6H2. The predicted molar refractivity (Wildman–Crippen MR) is 65.8 cm³/mol. The number of ether oxygens (including phenoxy) is 2. The van der Waals surface area contributed by atoms with Gasteiger partial charge in [-0.1, -0.05) is 0 Å². The molecule has 0 atom stereocenters. The number of aromatic hydroxyl groups is 1. The molecule has 0 aliphatic carbocycles. The lowest BCUT2D eigenvalue weighted by Crippen LogP contribution is -1.99. The number of hydrogen-bond donors (Lipinski definition) is 1. The third kappa shape index (κ3) is 2.54. The minimum atomic E-state index is 0.121. The SMILES string of the molecule is O=CCCc1c(O)c(Br)cc2c1OCCCO2. The Hall–Kier alpha value is -1.23. The van der Waals surface area contributed by atoms with E-state index in [-0.39, 0.29) is 5.75 Å². The summed E-state index contributed by atoms with van der Waals surface area (Å²) in [6.45, 7) is 1.15. The first-order chi connectivity index (χ1) is 8.24. The number of phenolic OH excluding ortho intramolecular Hbond substituents is 1. The van der Waals surface area contributed by atoms with Gasteiger partial charge in [-0.2, -0.15) is 0 Å². The van der Waals surface area contributed by atoms with Gasteiger partial charge in [0.15, 0.2) is 11.5 Å². The summed E-state index contributed by atoms with van der Waals surface area (Å²) in [4.78, 5) is 10.4. The molecule has 2 rings (SSSR count). The molecule has 0 amide bonds. The Labute approximate surface area is 108 Å². The average Bonchev–Trinajstić information content (AvgIpc) is 2.55. The van der Waals surface area contributed by atoms with Crippen LogP contribution in [0.15, 0.2) is 10.5 Å². The van der Waals surface area contributed by atoms with E-state index in [1.807, 2.05) is 0 Å². The van der Waals surface area contributed by atoms with Crippen molar-refractivity contribution < 1.29 is 19.4 Å². The maximum Gasteiger partial charge on any atom is 0.168 e. The van der Waals surface area contributed by atoms with Crippen LogP contribution < -0.4 is 9.47 Å². The van der Waals surface area contributed by atoms with E-state index in [1.165, 1.54) is 0 Å². The van der Waals surface area contributed by atoms with Gasteiger partial charge in [-0.05, 0) is 22.4 Å². The summed E-state index contributed by atoms with van der Waals surface area (Å²) < 4.78 is 11.7. The van der Waals surface area contributed by atoms with Gasteiger partial charge in [0.1, 0.15) is 12.0 Å². The van der Waals surface area contributed by atoms with E-state index in [0.717, 1.165) is 12.7 Å². The van der Waals surface area contributed by atoms with Gasteiger partial charge in [0.2, 0.25) is 0 Å². The number of carbonyl (C=O) groups is 1. The lowest BCUT2D eigenvalue weighted by atomic mass is 10.1. The Morgan fingerprint density at radius 2 is 2.18 bits per heavy atom. The lowest BCUT2D eigenvalue weighted by molar-refractivity contribution is -0.107. The Morgan fingerprint density at radius 1 is 1.41 bits per heavy atom. The summed E-state index contributed by atoms with van der Waals surface area (Å²) >= 11 is 3.27. The summed E-state index contributed by atoms with van der Waals surface area (Å²) in [5.74, 6) is 1.30. The molecule has 1 aliphatic rings. The number of hydrogen-bond acceptors (Lipinski definition) is 4. The number of halogens is 1. The van der Waals surface area contributed by atoms with Crippen LogP contribution in [0.25, 0.3) is 0 Å². The minimum Gasteiger partial charge on any atom is -0.506 e. The fourth-order valence-corrected chi connectivity index (χ4v) is 2.21. The second-order valence-electron chi connectivity index (χ2n) is 3.77. The van der Waals surface area contributed by atoms with Crippen molar-refractivity contribution in [3.8, 4) is 17.2 Å². The van der Waals surface area contributed by atoms with Gasteiger partial charge in [-0.25, -0.2) is 0 Å². The first kappa shape index (κ1) is 12.2. The first-order valence-corrected chi connectivity index (χ1v) is 6.27. The van der Waals surface area contributed by atoms with Crippen molar-refractivity contribution in [1.29, 1.82) is 0 Å². The van der Waals surface area contributed by atoms with Crippen LogP contribution >= 0.6 is 15.9 Å². The number of phenols is 1. The van der Waals surface area contributed by atoms with E-state index in [4.69, 9.17) is 9.47 Å². The van der Waals surface area contributed by atoms with Gasteiger partial charge in [-0.15, -0.1) is 0 Å². The van der Waals surface area contributed by atoms with Crippen molar-refractivity contribution in [3.05, 3.63) is 16.1 Å². The summed E-state index contributed by atoms with van der Waals surface area (Å²) in [5.41, 5.74) is 0.628. The van der Waals surface area contributed by atoms with E-state index in [9.17, 15) is 9.90 Å². The Bertz CT molecular complexity index is 431. The highest BCUT2D eigenvalue weighted by Gasteiger charge is 2.20. The van der Waals surface area contributed by atoms with Gasteiger partial charge in [0.05, 0.1) is 17.7 Å². The van der Waals surface area contributed by atoms with Gasteiger partial charge in [-0.3, -0.25) is 0 Å². The molecule has 4 nitrogen and oxygen atoms in total. The predicted octanol–water partition coefficient (Wildman–Crippen LogP) is 2.45. The molecule has 1 aromatic carbocycles. The molecule has 0 spiro atoms. The Balaban J connectivity index is 2.45. The molecule has 0 aromatic heterocycles. The Morgan fingerprint density at radius 3 is 2.94 bits per heavy atom. The fourth-order valence-electron chi connectivity index (χ4n) is 1.77. The first-order valence-electron chi connectivity index (χ1n) is 5.47. The molecule has 5 heteroatoms. The molecular weight excluding hydrogens is 288 g/mol. The number of carbonyl (C=O) groups excluding carboxylic acids is 1. The van der Waals surface area contributed by atoms with E-state index >= 15 is 0 Å². The minimum absolute atomic E-state index is 0.121. The highest BCUT2D eigenvalue weighted by atomic mass is 79.9. The normalized spacial score (nSPS) is 14.2. The van der Waals surface area contributed by atoms with Crippen LogP contribution in [0.5, 0.6) is 17.2 Å². The molecule has 1 aromatic rings. The van der Waals surface area contributed by atoms with Crippen molar-refractivity contribution in [1.82, 2.24) is 0 Å². The van der Waals surface area contributed by atoms with Crippen LogP contribution in [0.3, 0.4) is 0 Å². The molecule has 0 saturated heterocycles. The molecule has 1 N–H and O–H groups in total. The van der Waals surface area contributed by atoms with E-state index < -0.39 is 0 Å². The van der Waals surface area contributed by atoms with Gasteiger partial charge in [0, 0.05) is 24.5 Å². The highest BCUT2D eigenvalue weighted by molar-refractivity contribution is 9.10. The molecule has 92 valence electrons. The van der Waals surface area contributed by atoms with Gasteiger partial charge in [0.25, 0.3) is 0 Å². The number of rotatable bonds is 3. The fraction of sp³-hybridized carbons (Fsp3) is 0.417. The molecule has 0 unspecified atom stereocenters. The molecular formula is C12H13BrO4. The third-order valence-electron chi connectivity index (χ3n) is 2.57. The number of fused-ring (bicyclic) bond motifs is 1. The summed E-state index contributed by atoms with van der Waals surface area (Å²) in [7, 11) is 0. The maximum absolute atomic E-state index is 10.4. The van der Waals surface area contributed by atoms with Crippen LogP contribution in [0, 0.1) is 0 Å². The molecule has 1 heterocycles. The largest absolute Gasteiger partial charge is 0.506 e. The average molecular weight is 301 g/mol. The highest BCUT2D eigenvalue weighted by Crippen LogP contribution is 2.43. The van der Waals surface area contributed by atoms with Crippen LogP contribution in [0.2, 0.25) is 0 Å².